The molecule has 0 aliphatic rings. The molecule has 0 fully saturated rings. The molecule has 0 atom stereocenters. The Kier molecular flexibility index (Phi) is 5.59. The highest BCUT2D eigenvalue weighted by Crippen LogP contribution is 2.35. The molecule has 0 amide bonds. The van der Waals surface area contributed by atoms with E-state index in [-0.39, 0.29) is 11.3 Å². The predicted molar refractivity (Wildman–Crippen MR) is 91.6 cm³/mol. The molecule has 0 saturated carbocycles. The summed E-state index contributed by atoms with van der Waals surface area (Å²) in [4.78, 5) is 10.9. The lowest BCUT2D eigenvalue weighted by Crippen LogP contribution is -1.98. The zero-order valence-electron chi connectivity index (χ0n) is 12.3. The topological polar surface area (TPSA) is 91.2 Å². The summed E-state index contributed by atoms with van der Waals surface area (Å²) in [7, 11) is 0. The summed E-state index contributed by atoms with van der Waals surface area (Å²) >= 11 is 3.25. The van der Waals surface area contributed by atoms with Crippen molar-refractivity contribution in [3.05, 3.63) is 52.0 Å². The van der Waals surface area contributed by atoms with E-state index in [1.807, 2.05) is 6.92 Å². The number of phenols is 1. The van der Waals surface area contributed by atoms with E-state index in [4.69, 9.17) is 9.84 Å². The van der Waals surface area contributed by atoms with E-state index in [1.165, 1.54) is 12.1 Å². The number of nitrogens with one attached hydrogen (secondary N) is 1. The van der Waals surface area contributed by atoms with Gasteiger partial charge in [0.1, 0.15) is 0 Å². The van der Waals surface area contributed by atoms with Gasteiger partial charge in [0, 0.05) is 0 Å². The second-order valence-corrected chi connectivity index (χ2v) is 5.39. The molecule has 0 bridgehead atoms. The van der Waals surface area contributed by atoms with Crippen LogP contribution in [-0.2, 0) is 0 Å². The molecule has 6 nitrogen and oxygen atoms in total. The normalized spacial score (nSPS) is 10.7. The second-order valence-electron chi connectivity index (χ2n) is 4.54. The van der Waals surface area contributed by atoms with Crippen molar-refractivity contribution in [2.24, 2.45) is 5.10 Å². The first-order valence-corrected chi connectivity index (χ1v) is 7.58. The van der Waals surface area contributed by atoms with Gasteiger partial charge < -0.3 is 14.9 Å². The summed E-state index contributed by atoms with van der Waals surface area (Å²) in [5.74, 6) is -0.608. The second kappa shape index (κ2) is 7.64. The Morgan fingerprint density at radius 1 is 1.39 bits per heavy atom. The van der Waals surface area contributed by atoms with Crippen LogP contribution in [0.2, 0.25) is 0 Å². The molecule has 2 aromatic rings. The number of nitrogens with zero attached hydrogens (tertiary/aromatic N) is 1. The van der Waals surface area contributed by atoms with Crippen molar-refractivity contribution in [2.75, 3.05) is 12.0 Å². The van der Waals surface area contributed by atoms with Gasteiger partial charge in [0.15, 0.2) is 11.5 Å². The van der Waals surface area contributed by atoms with Gasteiger partial charge in [-0.3, -0.25) is 5.43 Å². The lowest BCUT2D eigenvalue weighted by atomic mass is 10.2. The van der Waals surface area contributed by atoms with Crippen LogP contribution in [0, 0.1) is 0 Å². The van der Waals surface area contributed by atoms with Crippen LogP contribution in [0.5, 0.6) is 11.5 Å². The molecule has 0 unspecified atom stereocenters. The third-order valence-corrected chi connectivity index (χ3v) is 3.47. The first-order valence-electron chi connectivity index (χ1n) is 6.79. The highest BCUT2D eigenvalue weighted by molar-refractivity contribution is 9.10. The highest BCUT2D eigenvalue weighted by atomic mass is 79.9. The number of halogens is 1. The van der Waals surface area contributed by atoms with Crippen LogP contribution in [0.3, 0.4) is 0 Å². The summed E-state index contributed by atoms with van der Waals surface area (Å²) in [6.07, 6.45) is 1.54. The van der Waals surface area contributed by atoms with Crippen molar-refractivity contribution in [1.82, 2.24) is 0 Å². The van der Waals surface area contributed by atoms with Crippen LogP contribution in [0.15, 0.2) is 46.0 Å². The lowest BCUT2D eigenvalue weighted by molar-refractivity contribution is 0.0697. The smallest absolute Gasteiger partial charge is 0.335 e. The van der Waals surface area contributed by atoms with Gasteiger partial charge in [-0.05, 0) is 58.7 Å². The molecule has 0 heterocycles. The van der Waals surface area contributed by atoms with Crippen molar-refractivity contribution in [1.29, 1.82) is 0 Å². The number of aromatic hydroxyl groups is 1. The van der Waals surface area contributed by atoms with E-state index >= 15 is 0 Å². The SMILES string of the molecule is CCOc1cc(/C=N/Nc2cccc(C(=O)O)c2)cc(Br)c1O. The molecule has 0 aliphatic carbocycles. The zero-order valence-corrected chi connectivity index (χ0v) is 13.9. The first-order chi connectivity index (χ1) is 11.0. The van der Waals surface area contributed by atoms with Crippen LogP contribution >= 0.6 is 15.9 Å². The van der Waals surface area contributed by atoms with E-state index < -0.39 is 5.97 Å². The summed E-state index contributed by atoms with van der Waals surface area (Å²) in [6, 6.07) is 9.67. The van der Waals surface area contributed by atoms with Gasteiger partial charge in [-0.15, -0.1) is 0 Å². The van der Waals surface area contributed by atoms with Crippen molar-refractivity contribution in [3.63, 3.8) is 0 Å². The molecular formula is C16H15BrN2O4. The molecule has 7 heteroatoms. The summed E-state index contributed by atoms with van der Waals surface area (Å²) < 4.78 is 5.84. The van der Waals surface area contributed by atoms with Crippen molar-refractivity contribution >= 4 is 33.8 Å². The Morgan fingerprint density at radius 2 is 2.17 bits per heavy atom. The molecule has 0 spiro atoms. The van der Waals surface area contributed by atoms with E-state index in [0.717, 1.165) is 0 Å². The average molecular weight is 379 g/mol. The predicted octanol–water partition coefficient (Wildman–Crippen LogP) is 3.70. The highest BCUT2D eigenvalue weighted by Gasteiger charge is 2.08. The first kappa shape index (κ1) is 16.8. The number of hydrogen-bond donors (Lipinski definition) is 3. The van der Waals surface area contributed by atoms with E-state index in [9.17, 15) is 9.90 Å². The number of carboxylic acids is 1. The number of hydrazone groups is 1. The number of anilines is 1. The summed E-state index contributed by atoms with van der Waals surface area (Å²) in [6.45, 7) is 2.26. The molecule has 23 heavy (non-hydrogen) atoms. The van der Waals surface area contributed by atoms with Crippen LogP contribution in [-0.4, -0.2) is 29.0 Å². The monoisotopic (exact) mass is 378 g/mol. The number of carboxylic acid groups (broad SMARTS) is 1. The fourth-order valence-electron chi connectivity index (χ4n) is 1.84. The van der Waals surface area contributed by atoms with Gasteiger partial charge in [0.05, 0.1) is 28.5 Å². The van der Waals surface area contributed by atoms with Crippen LogP contribution in [0.4, 0.5) is 5.69 Å². The summed E-state index contributed by atoms with van der Waals surface area (Å²) in [5, 5.41) is 22.9. The van der Waals surface area contributed by atoms with Gasteiger partial charge >= 0.3 is 5.97 Å². The number of phenolic OH excluding ortho intramolecular Hbond substituents is 1. The molecule has 2 aromatic carbocycles. The minimum absolute atomic E-state index is 0.0334. The van der Waals surface area contributed by atoms with Gasteiger partial charge in [-0.2, -0.15) is 5.10 Å². The zero-order chi connectivity index (χ0) is 16.8. The van der Waals surface area contributed by atoms with Gasteiger partial charge in [-0.1, -0.05) is 6.07 Å². The Morgan fingerprint density at radius 3 is 2.87 bits per heavy atom. The third kappa shape index (κ3) is 4.46. The summed E-state index contributed by atoms with van der Waals surface area (Å²) in [5.41, 5.74) is 4.21. The Balaban J connectivity index is 2.14. The fraction of sp³-hybridized carbons (Fsp3) is 0.125. The van der Waals surface area contributed by atoms with Gasteiger partial charge in [-0.25, -0.2) is 4.79 Å². The lowest BCUT2D eigenvalue weighted by Gasteiger charge is -2.08. The number of benzene rings is 2. The molecular weight excluding hydrogens is 364 g/mol. The Hall–Kier alpha value is -2.54. The van der Waals surface area contributed by atoms with Crippen LogP contribution in [0.25, 0.3) is 0 Å². The number of carbonyl (C=O) groups is 1. The van der Waals surface area contributed by atoms with Crippen molar-refractivity contribution < 1.29 is 19.7 Å². The van der Waals surface area contributed by atoms with Crippen molar-refractivity contribution in [2.45, 2.75) is 6.92 Å². The van der Waals surface area contributed by atoms with Gasteiger partial charge in [0.25, 0.3) is 0 Å². The molecule has 0 aliphatic heterocycles. The Bertz CT molecular complexity index is 747. The maximum atomic E-state index is 10.9. The quantitative estimate of drug-likeness (QED) is 0.526. The molecule has 2 rings (SSSR count). The third-order valence-electron chi connectivity index (χ3n) is 2.87. The number of aromatic carboxylic acids is 1. The standard InChI is InChI=1S/C16H15BrN2O4/c1-2-23-14-7-10(6-13(17)15(14)20)9-18-19-12-5-3-4-11(8-12)16(21)22/h3-9,19-20H,2H2,1H3,(H,21,22)/b18-9+. The maximum Gasteiger partial charge on any atom is 0.335 e. The Labute approximate surface area is 141 Å². The van der Waals surface area contributed by atoms with E-state index in [2.05, 4.69) is 26.5 Å². The van der Waals surface area contributed by atoms with Crippen molar-refractivity contribution in [3.8, 4) is 11.5 Å². The van der Waals surface area contributed by atoms with Crippen LogP contribution in [0.1, 0.15) is 22.8 Å². The molecule has 0 radical (unpaired) electrons. The number of rotatable bonds is 6. The van der Waals surface area contributed by atoms with Gasteiger partial charge in [0.2, 0.25) is 0 Å². The molecule has 0 aromatic heterocycles. The fourth-order valence-corrected chi connectivity index (χ4v) is 2.30. The van der Waals surface area contributed by atoms with E-state index in [1.54, 1.807) is 30.5 Å². The largest absolute Gasteiger partial charge is 0.503 e. The number of ether oxygens (including phenoxy) is 1. The molecule has 0 saturated heterocycles. The van der Waals surface area contributed by atoms with Crippen LogP contribution < -0.4 is 10.2 Å². The minimum Gasteiger partial charge on any atom is -0.503 e. The number of hydrogen-bond acceptors (Lipinski definition) is 5. The molecule has 3 N–H and O–H groups in total. The minimum atomic E-state index is -0.999. The average Bonchev–Trinajstić information content (AvgIpc) is 2.52. The molecule has 120 valence electrons. The van der Waals surface area contributed by atoms with E-state index in [0.29, 0.717) is 28.1 Å². The maximum absolute atomic E-state index is 10.9.